The van der Waals surface area contributed by atoms with Crippen molar-refractivity contribution in [1.29, 1.82) is 0 Å². The number of cyclic esters (lactones) is 2. The molecule has 0 spiro atoms. The Bertz CT molecular complexity index is 2660. The van der Waals surface area contributed by atoms with Gasteiger partial charge in [-0.05, 0) is 5.53 Å². The summed E-state index contributed by atoms with van der Waals surface area (Å²) in [7, 11) is 3.26. The molecular formula is C45H49Cl2N8NaO17S5. The molecule has 0 radical (unpaired) electrons. The minimum Gasteiger partial charge on any atom is -0.492 e. The SMILES string of the molecule is COc1cscc1OC.ClCC1COc2cscc2O1.NCC1COc2cscc2O1.O=C1C=CC(=O)N1CC1COc2cscc2O1.O=C1C=CC(=O)O1.OCC(O)CCl.[N-]=[N+]=NCC1COc2cscc2O1.[N-]=[N+]=[N-].[Na+]. The molecule has 0 aliphatic carbocycles. The summed E-state index contributed by atoms with van der Waals surface area (Å²) >= 11 is 18.4. The van der Waals surface area contributed by atoms with Crippen LogP contribution in [0.2, 0.25) is 0 Å². The number of ether oxygens (including phenoxy) is 11. The monoisotopic (exact) mass is 1230 g/mol. The van der Waals surface area contributed by atoms with Crippen molar-refractivity contribution >= 4 is 104 Å². The molecule has 0 fully saturated rings. The van der Waals surface area contributed by atoms with Crippen LogP contribution in [0.4, 0.5) is 0 Å². The molecule has 2 amide bonds. The molecule has 6 aliphatic heterocycles. The maximum atomic E-state index is 11.4. The Labute approximate surface area is 497 Å². The molecule has 5 atom stereocenters. The molecule has 5 unspecified atom stereocenters. The van der Waals surface area contributed by atoms with Gasteiger partial charge < -0.3 is 79.1 Å². The van der Waals surface area contributed by atoms with Crippen LogP contribution in [-0.2, 0) is 23.9 Å². The number of amides is 2. The van der Waals surface area contributed by atoms with Crippen LogP contribution in [0.1, 0.15) is 0 Å². The molecule has 4 N–H and O–H groups in total. The van der Waals surface area contributed by atoms with E-state index >= 15 is 0 Å². The molecule has 0 aromatic carbocycles. The topological polar surface area (TPSA) is 347 Å². The summed E-state index contributed by atoms with van der Waals surface area (Å²) in [5.41, 5.74) is 27.0. The van der Waals surface area contributed by atoms with E-state index < -0.39 is 18.0 Å². The molecule has 0 bridgehead atoms. The second-order valence-corrected chi connectivity index (χ2v) is 19.0. The van der Waals surface area contributed by atoms with E-state index in [1.54, 1.807) is 48.2 Å². The first kappa shape index (κ1) is 66.6. The molecule has 0 saturated heterocycles. The van der Waals surface area contributed by atoms with Crippen LogP contribution >= 0.6 is 79.9 Å². The van der Waals surface area contributed by atoms with E-state index in [9.17, 15) is 19.2 Å². The summed E-state index contributed by atoms with van der Waals surface area (Å²) in [5.74, 6) is 6.73. The van der Waals surface area contributed by atoms with Gasteiger partial charge in [-0.25, -0.2) is 9.59 Å². The van der Waals surface area contributed by atoms with Gasteiger partial charge in [0.2, 0.25) is 0 Å². The number of esters is 2. The van der Waals surface area contributed by atoms with Gasteiger partial charge in [0, 0.05) is 89.6 Å². The first-order valence-corrected chi connectivity index (χ1v) is 27.8. The molecule has 11 rings (SSSR count). The summed E-state index contributed by atoms with van der Waals surface area (Å²) in [4.78, 5) is 47.9. The van der Waals surface area contributed by atoms with E-state index in [2.05, 4.69) is 14.8 Å². The Morgan fingerprint density at radius 1 is 0.641 bits per heavy atom. The third-order valence-electron chi connectivity index (χ3n) is 9.29. The fourth-order valence-corrected chi connectivity index (χ4v) is 9.36. The third-order valence-corrected chi connectivity index (χ3v) is 13.5. The summed E-state index contributed by atoms with van der Waals surface area (Å²) < 4.78 is 57.6. The van der Waals surface area contributed by atoms with Gasteiger partial charge in [0.05, 0.1) is 51.8 Å². The van der Waals surface area contributed by atoms with E-state index in [1.807, 2.05) is 53.8 Å². The van der Waals surface area contributed by atoms with Crippen LogP contribution in [0.5, 0.6) is 57.5 Å². The average Bonchev–Trinajstić information content (AvgIpc) is 4.34. The van der Waals surface area contributed by atoms with Crippen molar-refractivity contribution in [1.82, 2.24) is 4.90 Å². The van der Waals surface area contributed by atoms with Gasteiger partial charge in [-0.2, -0.15) is 0 Å². The predicted molar refractivity (Wildman–Crippen MR) is 288 cm³/mol. The molecule has 6 aliphatic rings. The number of hydrogen-bond acceptors (Lipinski definition) is 24. The Balaban J connectivity index is 0.000000242. The average molecular weight is 1230 g/mol. The van der Waals surface area contributed by atoms with Crippen molar-refractivity contribution in [2.75, 3.05) is 78.6 Å². The van der Waals surface area contributed by atoms with Crippen LogP contribution in [0, 0.1) is 0 Å². The fraction of sp³-hybridized carbons (Fsp3) is 0.378. The Morgan fingerprint density at radius 2 is 1.01 bits per heavy atom. The minimum atomic E-state index is -0.744. The number of azide groups is 1. The maximum Gasteiger partial charge on any atom is 1.00 e. The zero-order chi connectivity index (χ0) is 56.0. The zero-order valence-electron chi connectivity index (χ0n) is 41.6. The van der Waals surface area contributed by atoms with Crippen molar-refractivity contribution in [3.05, 3.63) is 105 Å². The van der Waals surface area contributed by atoms with Crippen molar-refractivity contribution < 1.29 is 111 Å². The van der Waals surface area contributed by atoms with Crippen LogP contribution in [0.15, 0.2) is 83.2 Å². The molecular weight excluding hydrogens is 1180 g/mol. The molecule has 25 nitrogen and oxygen atoms in total. The van der Waals surface area contributed by atoms with Gasteiger partial charge in [0.15, 0.2) is 63.6 Å². The van der Waals surface area contributed by atoms with Crippen molar-refractivity contribution in [3.8, 4) is 57.5 Å². The Morgan fingerprint density at radius 3 is 1.37 bits per heavy atom. The van der Waals surface area contributed by atoms with Crippen molar-refractivity contribution in [2.45, 2.75) is 30.5 Å². The predicted octanol–water partition coefficient (Wildman–Crippen LogP) is 4.82. The molecule has 11 heterocycles. The van der Waals surface area contributed by atoms with Crippen molar-refractivity contribution in [2.24, 2.45) is 10.8 Å². The standard InChI is InChI=1S/C11H9NO4S.C7H7ClO2S.C7H7N3O2S.C7H9NO2S.C6H8O2S.C4H2O3.C3H7ClO2.N3.Na/c13-10-1-2-11(14)12(10)3-7-4-15-8-5-17-6-9(8)16-7;8-1-5-2-9-6-3-11-4-7(6)10-5;8-10-9-1-5-2-11-6-3-13-4-7(6)12-5;8-1-5-2-9-6-3-11-4-7(6)10-5;1-7-5-3-9-4-6(5)8-2;5-3-1-2-4(6)7-3;4-1-3(6)2-5;1-3-2;/h1-2,5-7H,3-4H2;3-5H,1-2H2;3-5H,1-2H2;3-5H,1-2,8H2;3-4H,1-2H3;1-2H;3,5-6H,1-2H2;;/q;;;;;;;-1;+1. The first-order chi connectivity index (χ1) is 37.3. The number of fused-ring (bicyclic) bond motifs is 4. The van der Waals surface area contributed by atoms with Crippen LogP contribution in [0.3, 0.4) is 0 Å². The van der Waals surface area contributed by atoms with Gasteiger partial charge in [-0.15, -0.1) is 79.9 Å². The number of aliphatic hydroxyl groups excluding tert-OH is 2. The minimum absolute atomic E-state index is 0. The number of alkyl halides is 2. The van der Waals surface area contributed by atoms with Crippen LogP contribution in [-0.4, -0.2) is 148 Å². The maximum absolute atomic E-state index is 11.4. The van der Waals surface area contributed by atoms with E-state index in [0.717, 1.165) is 68.8 Å². The number of hydrogen-bond donors (Lipinski definition) is 3. The van der Waals surface area contributed by atoms with E-state index in [0.29, 0.717) is 51.1 Å². The molecule has 5 aromatic heterocycles. The first-order valence-electron chi connectivity index (χ1n) is 22.0. The van der Waals surface area contributed by atoms with Gasteiger partial charge in [0.1, 0.15) is 44.7 Å². The van der Waals surface area contributed by atoms with Gasteiger partial charge in [-0.3, -0.25) is 19.4 Å². The number of carbonyl (C=O) groups excluding carboxylic acids is 4. The number of nitrogens with zero attached hydrogens (tertiary/aromatic N) is 7. The Hall–Kier alpha value is -5.66. The van der Waals surface area contributed by atoms with Crippen molar-refractivity contribution in [3.63, 3.8) is 0 Å². The molecule has 5 aromatic rings. The summed E-state index contributed by atoms with van der Waals surface area (Å²) in [6, 6.07) is 0. The number of aliphatic hydroxyl groups is 2. The van der Waals surface area contributed by atoms with Gasteiger partial charge in [-0.1, -0.05) is 5.11 Å². The summed E-state index contributed by atoms with van der Waals surface area (Å²) in [5, 5.41) is 38.7. The quantitative estimate of drug-likeness (QED) is 0.0246. The summed E-state index contributed by atoms with van der Waals surface area (Å²) in [6.45, 7) is 2.72. The summed E-state index contributed by atoms with van der Waals surface area (Å²) in [6.07, 6.45) is 3.54. The fourth-order valence-electron chi connectivity index (χ4n) is 5.68. The van der Waals surface area contributed by atoms with Gasteiger partial charge >= 0.3 is 41.5 Å². The molecule has 33 heteroatoms. The normalized spacial score (nSPS) is 18.1. The van der Waals surface area contributed by atoms with E-state index in [1.165, 1.54) is 39.7 Å². The Kier molecular flexibility index (Phi) is 31.8. The number of rotatable bonds is 10. The molecule has 416 valence electrons. The number of methoxy groups -OCH3 is 2. The second kappa shape index (κ2) is 37.3. The number of thiophene rings is 5. The molecule has 78 heavy (non-hydrogen) atoms. The zero-order valence-corrected chi connectivity index (χ0v) is 49.2. The number of nitrogens with two attached hydrogens (primary N) is 1. The number of imide groups is 1. The van der Waals surface area contributed by atoms with Crippen LogP contribution in [0.25, 0.3) is 26.4 Å². The van der Waals surface area contributed by atoms with Gasteiger partial charge in [0.25, 0.3) is 11.8 Å². The second-order valence-electron chi connectivity index (χ2n) is 14.7. The number of carbonyl (C=O) groups is 4. The smallest absolute Gasteiger partial charge is 0.492 e. The molecule has 0 saturated carbocycles. The third kappa shape index (κ3) is 22.6. The van der Waals surface area contributed by atoms with Crippen LogP contribution < -0.4 is 82.7 Å². The van der Waals surface area contributed by atoms with E-state index in [-0.39, 0.29) is 84.8 Å². The van der Waals surface area contributed by atoms with E-state index in [4.69, 9.17) is 103 Å². The number of halogens is 2. The largest absolute Gasteiger partial charge is 1.00 e.